The van der Waals surface area contributed by atoms with E-state index >= 15 is 0 Å². The Morgan fingerprint density at radius 2 is 1.49 bits per heavy atom. The predicted molar refractivity (Wildman–Crippen MR) is 144 cm³/mol. The van der Waals surface area contributed by atoms with Crippen molar-refractivity contribution >= 4 is 18.2 Å². The van der Waals surface area contributed by atoms with Gasteiger partial charge in [0.05, 0.1) is 12.0 Å². The second-order valence-electron chi connectivity index (χ2n) is 11.3. The standard InChI is InChI=1S/C30H55NO4/c1-5-7-9-11-12-13-14-15-16-18-25(21-28(33)27(31-23-32)20-24(3)4)22-29-26(30(34)35-29)19-17-10-8-6-2/h23-27,29H,5-22H2,1-4H3,(H,31,32)/t25-,26+,27-,29?/m1/s1. The Balaban J connectivity index is 2.58. The highest BCUT2D eigenvalue weighted by Crippen LogP contribution is 2.35. The van der Waals surface area contributed by atoms with Crippen molar-refractivity contribution in [1.29, 1.82) is 0 Å². The number of carbonyl (C=O) groups excluding carboxylic acids is 3. The lowest BCUT2D eigenvalue weighted by atomic mass is 9.80. The van der Waals surface area contributed by atoms with Gasteiger partial charge in [-0.05, 0) is 37.5 Å². The summed E-state index contributed by atoms with van der Waals surface area (Å²) in [6.07, 6.45) is 20.6. The van der Waals surface area contributed by atoms with E-state index in [-0.39, 0.29) is 29.7 Å². The molecule has 1 saturated heterocycles. The van der Waals surface area contributed by atoms with Gasteiger partial charge in [-0.3, -0.25) is 14.4 Å². The first-order valence-electron chi connectivity index (χ1n) is 14.9. The first kappa shape index (κ1) is 31.6. The summed E-state index contributed by atoms with van der Waals surface area (Å²) in [5, 5.41) is 2.75. The summed E-state index contributed by atoms with van der Waals surface area (Å²) in [5.41, 5.74) is 0. The van der Waals surface area contributed by atoms with Crippen molar-refractivity contribution in [2.24, 2.45) is 17.8 Å². The number of esters is 1. The van der Waals surface area contributed by atoms with Crippen LogP contribution < -0.4 is 5.32 Å². The average molecular weight is 494 g/mol. The van der Waals surface area contributed by atoms with E-state index in [1.165, 1.54) is 70.6 Å². The van der Waals surface area contributed by atoms with Gasteiger partial charge in [-0.1, -0.05) is 111 Å². The van der Waals surface area contributed by atoms with Gasteiger partial charge < -0.3 is 10.1 Å². The molecule has 1 aliphatic heterocycles. The molecule has 1 heterocycles. The molecule has 0 radical (unpaired) electrons. The van der Waals surface area contributed by atoms with Crippen LogP contribution >= 0.6 is 0 Å². The summed E-state index contributed by atoms with van der Waals surface area (Å²) >= 11 is 0. The number of Topliss-reactive ketones (excluding diaryl/α,β-unsaturated/α-hetero) is 1. The molecule has 0 aromatic carbocycles. The Morgan fingerprint density at radius 1 is 0.914 bits per heavy atom. The lowest BCUT2D eigenvalue weighted by Crippen LogP contribution is -2.46. The van der Waals surface area contributed by atoms with Gasteiger partial charge >= 0.3 is 5.97 Å². The largest absolute Gasteiger partial charge is 0.461 e. The van der Waals surface area contributed by atoms with E-state index in [9.17, 15) is 14.4 Å². The van der Waals surface area contributed by atoms with Crippen LogP contribution in [-0.2, 0) is 19.1 Å². The monoisotopic (exact) mass is 493 g/mol. The first-order chi connectivity index (χ1) is 16.9. The summed E-state index contributed by atoms with van der Waals surface area (Å²) in [4.78, 5) is 36.3. The zero-order valence-corrected chi connectivity index (χ0v) is 23.3. The van der Waals surface area contributed by atoms with Gasteiger partial charge in [-0.25, -0.2) is 0 Å². The predicted octanol–water partition coefficient (Wildman–Crippen LogP) is 7.55. The van der Waals surface area contributed by atoms with Crippen LogP contribution in [0.2, 0.25) is 0 Å². The van der Waals surface area contributed by atoms with Crippen LogP contribution in [-0.4, -0.2) is 30.3 Å². The van der Waals surface area contributed by atoms with Crippen LogP contribution in [0, 0.1) is 17.8 Å². The van der Waals surface area contributed by atoms with E-state index < -0.39 is 6.04 Å². The van der Waals surface area contributed by atoms with Gasteiger partial charge in [-0.2, -0.15) is 0 Å². The highest BCUT2D eigenvalue weighted by molar-refractivity contribution is 5.86. The molecule has 0 aromatic heterocycles. The summed E-state index contributed by atoms with van der Waals surface area (Å²) in [6.45, 7) is 8.59. The Kier molecular flexibility index (Phi) is 17.9. The molecular formula is C30H55NO4. The lowest BCUT2D eigenvalue weighted by Gasteiger charge is -2.37. The average Bonchev–Trinajstić information content (AvgIpc) is 2.81. The molecule has 1 unspecified atom stereocenters. The summed E-state index contributed by atoms with van der Waals surface area (Å²) in [6, 6.07) is -0.410. The van der Waals surface area contributed by atoms with E-state index in [2.05, 4.69) is 33.0 Å². The maximum absolute atomic E-state index is 13.1. The number of nitrogens with one attached hydrogen (secondary N) is 1. The third-order valence-corrected chi connectivity index (χ3v) is 7.52. The molecule has 0 saturated carbocycles. The number of hydrogen-bond acceptors (Lipinski definition) is 4. The smallest absolute Gasteiger partial charge is 0.313 e. The Labute approximate surface area is 215 Å². The van der Waals surface area contributed by atoms with Crippen LogP contribution in [0.5, 0.6) is 0 Å². The molecule has 1 rings (SSSR count). The van der Waals surface area contributed by atoms with Crippen LogP contribution in [0.3, 0.4) is 0 Å². The lowest BCUT2D eigenvalue weighted by molar-refractivity contribution is -0.187. The fourth-order valence-electron chi connectivity index (χ4n) is 5.35. The van der Waals surface area contributed by atoms with E-state index in [1.54, 1.807) is 0 Å². The maximum atomic E-state index is 13.1. The molecule has 35 heavy (non-hydrogen) atoms. The third kappa shape index (κ3) is 14.1. The minimum absolute atomic E-state index is 0.00661. The molecule has 5 nitrogen and oxygen atoms in total. The van der Waals surface area contributed by atoms with Crippen molar-refractivity contribution in [3.05, 3.63) is 0 Å². The normalized spacial score (nSPS) is 19.2. The fourth-order valence-corrected chi connectivity index (χ4v) is 5.35. The number of unbranched alkanes of at least 4 members (excludes halogenated alkanes) is 11. The van der Waals surface area contributed by atoms with Gasteiger partial charge in [0.15, 0.2) is 5.78 Å². The van der Waals surface area contributed by atoms with Crippen molar-refractivity contribution in [3.8, 4) is 0 Å². The molecular weight excluding hydrogens is 438 g/mol. The topological polar surface area (TPSA) is 72.5 Å². The molecule has 1 amide bonds. The van der Waals surface area contributed by atoms with E-state index in [4.69, 9.17) is 4.74 Å². The number of ketones is 1. The van der Waals surface area contributed by atoms with Crippen molar-refractivity contribution < 1.29 is 19.1 Å². The van der Waals surface area contributed by atoms with Crippen molar-refractivity contribution in [3.63, 3.8) is 0 Å². The Hall–Kier alpha value is -1.39. The van der Waals surface area contributed by atoms with Crippen LogP contribution in [0.15, 0.2) is 0 Å². The van der Waals surface area contributed by atoms with E-state index in [1.807, 2.05) is 0 Å². The zero-order chi connectivity index (χ0) is 25.9. The molecule has 1 aliphatic rings. The van der Waals surface area contributed by atoms with Crippen LogP contribution in [0.4, 0.5) is 0 Å². The number of carbonyl (C=O) groups is 3. The number of hydrogen-bond donors (Lipinski definition) is 1. The summed E-state index contributed by atoms with van der Waals surface area (Å²) in [7, 11) is 0. The zero-order valence-electron chi connectivity index (χ0n) is 23.3. The Morgan fingerprint density at radius 3 is 2.03 bits per heavy atom. The van der Waals surface area contributed by atoms with Gasteiger partial charge in [0.2, 0.25) is 6.41 Å². The quantitative estimate of drug-likeness (QED) is 0.0856. The fraction of sp³-hybridized carbons (Fsp3) is 0.900. The van der Waals surface area contributed by atoms with Crippen molar-refractivity contribution in [2.75, 3.05) is 0 Å². The maximum Gasteiger partial charge on any atom is 0.313 e. The second-order valence-corrected chi connectivity index (χ2v) is 11.3. The third-order valence-electron chi connectivity index (χ3n) is 7.52. The number of ether oxygens (including phenoxy) is 1. The van der Waals surface area contributed by atoms with Crippen LogP contribution in [0.1, 0.15) is 143 Å². The molecule has 0 aromatic rings. The summed E-state index contributed by atoms with van der Waals surface area (Å²) < 4.78 is 5.56. The molecule has 204 valence electrons. The second kappa shape index (κ2) is 19.8. The van der Waals surface area contributed by atoms with Gasteiger partial charge in [-0.15, -0.1) is 0 Å². The highest BCUT2D eigenvalue weighted by Gasteiger charge is 2.42. The van der Waals surface area contributed by atoms with Gasteiger partial charge in [0.25, 0.3) is 0 Å². The minimum Gasteiger partial charge on any atom is -0.461 e. The van der Waals surface area contributed by atoms with Gasteiger partial charge in [0, 0.05) is 6.42 Å². The van der Waals surface area contributed by atoms with E-state index in [0.29, 0.717) is 25.2 Å². The van der Waals surface area contributed by atoms with Crippen molar-refractivity contribution in [2.45, 2.75) is 155 Å². The number of rotatable bonds is 24. The molecule has 1 N–H and O–H groups in total. The molecule has 1 fully saturated rings. The Bertz CT molecular complexity index is 577. The minimum atomic E-state index is -0.410. The molecule has 0 aliphatic carbocycles. The van der Waals surface area contributed by atoms with Crippen molar-refractivity contribution in [1.82, 2.24) is 5.32 Å². The molecule has 0 bridgehead atoms. The number of cyclic esters (lactones) is 1. The molecule has 0 spiro atoms. The molecule has 5 heteroatoms. The van der Waals surface area contributed by atoms with Crippen LogP contribution in [0.25, 0.3) is 0 Å². The SMILES string of the molecule is CCCCCCCCCCC[C@H](CC(=O)[C@@H](CC(C)C)NC=O)CC1OC(=O)[C@H]1CCCCCC. The van der Waals surface area contributed by atoms with Gasteiger partial charge in [0.1, 0.15) is 6.10 Å². The summed E-state index contributed by atoms with van der Waals surface area (Å²) in [5.74, 6) is 0.627. The van der Waals surface area contributed by atoms with E-state index in [0.717, 1.165) is 32.1 Å². The molecule has 4 atom stereocenters. The highest BCUT2D eigenvalue weighted by atomic mass is 16.6. The first-order valence-corrected chi connectivity index (χ1v) is 14.9. The number of amides is 1.